The van der Waals surface area contributed by atoms with Gasteiger partial charge in [-0.1, -0.05) is 5.16 Å². The van der Waals surface area contributed by atoms with E-state index < -0.39 is 0 Å². The molecule has 1 aromatic rings. The number of hydrogen-bond acceptors (Lipinski definition) is 2. The van der Waals surface area contributed by atoms with Crippen LogP contribution in [0.15, 0.2) is 29.4 Å². The van der Waals surface area contributed by atoms with Gasteiger partial charge in [0, 0.05) is 5.56 Å². The van der Waals surface area contributed by atoms with Crippen LogP contribution in [0.1, 0.15) is 18.4 Å². The molecule has 0 aromatic heterocycles. The third-order valence-corrected chi connectivity index (χ3v) is 1.75. The lowest BCUT2D eigenvalue weighted by Gasteiger charge is -1.92. The minimum absolute atomic E-state index is 0.256. The smallest absolute Gasteiger partial charge is 0.139 e. The number of rotatable bonds is 3. The van der Waals surface area contributed by atoms with Crippen molar-refractivity contribution in [2.45, 2.75) is 18.9 Å². The fourth-order valence-corrected chi connectivity index (χ4v) is 0.851. The van der Waals surface area contributed by atoms with E-state index in [9.17, 15) is 4.39 Å². The van der Waals surface area contributed by atoms with Crippen molar-refractivity contribution < 1.29 is 9.23 Å². The molecule has 1 aliphatic carbocycles. The van der Waals surface area contributed by atoms with Crippen molar-refractivity contribution >= 4 is 6.21 Å². The maximum Gasteiger partial charge on any atom is 0.139 e. The van der Waals surface area contributed by atoms with Gasteiger partial charge in [0.05, 0.1) is 0 Å². The Hall–Kier alpha value is -1.38. The van der Waals surface area contributed by atoms with E-state index in [2.05, 4.69) is 11.4 Å². The second kappa shape index (κ2) is 3.56. The van der Waals surface area contributed by atoms with E-state index >= 15 is 0 Å². The van der Waals surface area contributed by atoms with Gasteiger partial charge >= 0.3 is 0 Å². The van der Waals surface area contributed by atoms with Crippen LogP contribution >= 0.6 is 0 Å². The Morgan fingerprint density at radius 2 is 2.00 bits per heavy atom. The van der Waals surface area contributed by atoms with E-state index in [4.69, 9.17) is 4.84 Å². The normalized spacial score (nSPS) is 16.4. The van der Waals surface area contributed by atoms with Gasteiger partial charge in [-0.2, -0.15) is 0 Å². The minimum atomic E-state index is -0.256. The molecule has 0 N–H and O–H groups in total. The molecule has 3 heteroatoms. The molecule has 0 aliphatic heterocycles. The third kappa shape index (κ3) is 2.54. The lowest BCUT2D eigenvalue weighted by atomic mass is 10.2. The molecule has 0 spiro atoms. The van der Waals surface area contributed by atoms with Crippen molar-refractivity contribution in [1.82, 2.24) is 0 Å². The Labute approximate surface area is 76.0 Å². The molecular weight excluding hydrogens is 169 g/mol. The van der Waals surface area contributed by atoms with E-state index in [1.165, 1.54) is 12.1 Å². The maximum atomic E-state index is 12.5. The van der Waals surface area contributed by atoms with Crippen molar-refractivity contribution in [3.05, 3.63) is 35.6 Å². The lowest BCUT2D eigenvalue weighted by molar-refractivity contribution is 0.131. The number of hydrogen-bond donors (Lipinski definition) is 0. The maximum absolute atomic E-state index is 12.5. The molecule has 0 saturated heterocycles. The fraction of sp³-hybridized carbons (Fsp3) is 0.300. The fourth-order valence-electron chi connectivity index (χ4n) is 0.851. The predicted molar refractivity (Wildman–Crippen MR) is 47.0 cm³/mol. The summed E-state index contributed by atoms with van der Waals surface area (Å²) in [7, 11) is 0. The summed E-state index contributed by atoms with van der Waals surface area (Å²) in [6, 6.07) is 5.95. The van der Waals surface area contributed by atoms with Crippen LogP contribution in [0.3, 0.4) is 0 Å². The highest BCUT2D eigenvalue weighted by Gasteiger charge is 2.23. The van der Waals surface area contributed by atoms with E-state index in [0.29, 0.717) is 0 Å². The molecule has 0 amide bonds. The van der Waals surface area contributed by atoms with E-state index in [0.717, 1.165) is 18.4 Å². The van der Waals surface area contributed by atoms with Crippen LogP contribution in [0.4, 0.5) is 4.39 Å². The first-order valence-electron chi connectivity index (χ1n) is 4.22. The van der Waals surface area contributed by atoms with Crippen molar-refractivity contribution in [2.75, 3.05) is 0 Å². The van der Waals surface area contributed by atoms with Gasteiger partial charge in [0.1, 0.15) is 18.1 Å². The Morgan fingerprint density at radius 1 is 1.31 bits per heavy atom. The van der Waals surface area contributed by atoms with Gasteiger partial charge in [-0.3, -0.25) is 0 Å². The molecule has 2 nitrogen and oxygen atoms in total. The van der Waals surface area contributed by atoms with Gasteiger partial charge in [-0.25, -0.2) is 4.39 Å². The van der Waals surface area contributed by atoms with Gasteiger partial charge in [0.25, 0.3) is 0 Å². The van der Waals surface area contributed by atoms with Crippen LogP contribution < -0.4 is 0 Å². The summed E-state index contributed by atoms with van der Waals surface area (Å²) in [5.74, 6) is -0.256. The lowest BCUT2D eigenvalue weighted by Crippen LogP contribution is -1.86. The largest absolute Gasteiger partial charge is 0.392 e. The Bertz CT molecular complexity index is 303. The molecule has 1 aliphatic rings. The van der Waals surface area contributed by atoms with Crippen LogP contribution in [-0.2, 0) is 4.84 Å². The SMILES string of the molecule is Fc1ccc(/[C]=N/OC2CC2)cc1. The summed E-state index contributed by atoms with van der Waals surface area (Å²) in [5.41, 5.74) is 0.724. The second-order valence-corrected chi connectivity index (χ2v) is 3.01. The zero-order valence-corrected chi connectivity index (χ0v) is 7.03. The number of nitrogens with zero attached hydrogens (tertiary/aromatic N) is 1. The highest BCUT2D eigenvalue weighted by molar-refractivity contribution is 5.78. The molecule has 13 heavy (non-hydrogen) atoms. The Morgan fingerprint density at radius 3 is 2.62 bits per heavy atom. The summed E-state index contributed by atoms with van der Waals surface area (Å²) in [6.07, 6.45) is 5.12. The number of benzene rings is 1. The van der Waals surface area contributed by atoms with Crippen LogP contribution in [-0.4, -0.2) is 12.3 Å². The molecule has 0 heterocycles. The monoisotopic (exact) mass is 178 g/mol. The number of halogens is 1. The van der Waals surface area contributed by atoms with Crippen molar-refractivity contribution in [1.29, 1.82) is 0 Å². The molecule has 0 bridgehead atoms. The Balaban J connectivity index is 1.92. The molecule has 2 rings (SSSR count). The predicted octanol–water partition coefficient (Wildman–Crippen LogP) is 2.22. The molecule has 0 atom stereocenters. The molecular formula is C10H9FNO. The minimum Gasteiger partial charge on any atom is -0.392 e. The quantitative estimate of drug-likeness (QED) is 0.513. The van der Waals surface area contributed by atoms with E-state index in [1.807, 2.05) is 0 Å². The van der Waals surface area contributed by atoms with Gasteiger partial charge in [0.15, 0.2) is 0 Å². The zero-order chi connectivity index (χ0) is 9.10. The highest BCUT2D eigenvalue weighted by Crippen LogP contribution is 2.23. The molecule has 1 radical (unpaired) electrons. The summed E-state index contributed by atoms with van der Waals surface area (Å²) in [5, 5.41) is 3.66. The van der Waals surface area contributed by atoms with E-state index in [1.54, 1.807) is 12.1 Å². The van der Waals surface area contributed by atoms with Gasteiger partial charge in [-0.05, 0) is 37.1 Å². The average Bonchev–Trinajstić information content (AvgIpc) is 2.92. The molecule has 1 aromatic carbocycles. The second-order valence-electron chi connectivity index (χ2n) is 3.01. The molecule has 1 fully saturated rings. The van der Waals surface area contributed by atoms with Gasteiger partial charge in [-0.15, -0.1) is 0 Å². The summed E-state index contributed by atoms with van der Waals surface area (Å²) >= 11 is 0. The third-order valence-electron chi connectivity index (χ3n) is 1.75. The first-order chi connectivity index (χ1) is 6.34. The van der Waals surface area contributed by atoms with Crippen LogP contribution in [0.25, 0.3) is 0 Å². The molecule has 0 unspecified atom stereocenters. The van der Waals surface area contributed by atoms with Crippen LogP contribution in [0, 0.1) is 5.82 Å². The highest BCUT2D eigenvalue weighted by atomic mass is 19.1. The summed E-state index contributed by atoms with van der Waals surface area (Å²) in [4.78, 5) is 5.01. The first-order valence-corrected chi connectivity index (χ1v) is 4.22. The van der Waals surface area contributed by atoms with Crippen molar-refractivity contribution in [2.24, 2.45) is 5.16 Å². The summed E-state index contributed by atoms with van der Waals surface area (Å²) in [6.45, 7) is 0. The van der Waals surface area contributed by atoms with Gasteiger partial charge in [0.2, 0.25) is 0 Å². The average molecular weight is 178 g/mol. The first kappa shape index (κ1) is 8.23. The van der Waals surface area contributed by atoms with Crippen LogP contribution in [0.5, 0.6) is 0 Å². The topological polar surface area (TPSA) is 21.6 Å². The van der Waals surface area contributed by atoms with Crippen molar-refractivity contribution in [3.8, 4) is 0 Å². The Kier molecular flexibility index (Phi) is 2.25. The summed E-state index contributed by atoms with van der Waals surface area (Å²) < 4.78 is 12.5. The van der Waals surface area contributed by atoms with Crippen molar-refractivity contribution in [3.63, 3.8) is 0 Å². The molecule has 67 valence electrons. The standard InChI is InChI=1S/C10H9FNO/c11-9-3-1-8(2-4-9)7-12-13-10-5-6-10/h1-4,10H,5-6H2. The van der Waals surface area contributed by atoms with E-state index in [-0.39, 0.29) is 11.9 Å². The zero-order valence-electron chi connectivity index (χ0n) is 7.03. The van der Waals surface area contributed by atoms with Crippen LogP contribution in [0.2, 0.25) is 0 Å². The molecule has 1 saturated carbocycles. The van der Waals surface area contributed by atoms with Gasteiger partial charge < -0.3 is 4.84 Å².